The van der Waals surface area contributed by atoms with Gasteiger partial charge in [0.15, 0.2) is 16.6 Å². The van der Waals surface area contributed by atoms with Crippen LogP contribution in [0.3, 0.4) is 0 Å². The molecular formula is C19H19N3O3S. The topological polar surface area (TPSA) is 63.7 Å². The number of likely N-dealkylation sites (N-methyl/N-ethyl adjacent to an activating group) is 1. The van der Waals surface area contributed by atoms with Crippen molar-refractivity contribution < 1.29 is 14.3 Å². The fourth-order valence-corrected chi connectivity index (χ4v) is 3.75. The molecule has 0 bridgehead atoms. The number of aromatic nitrogens is 1. The number of hydrogen-bond donors (Lipinski definition) is 1. The number of ether oxygens (including phenoxy) is 2. The van der Waals surface area contributed by atoms with Crippen LogP contribution in [0.4, 0.5) is 5.13 Å². The van der Waals surface area contributed by atoms with Crippen LogP contribution in [0.5, 0.6) is 11.5 Å². The van der Waals surface area contributed by atoms with Crippen molar-refractivity contribution in [2.24, 2.45) is 0 Å². The summed E-state index contributed by atoms with van der Waals surface area (Å²) >= 11 is 1.49. The fraction of sp³-hybridized carbons (Fsp3) is 0.263. The highest BCUT2D eigenvalue weighted by molar-refractivity contribution is 7.22. The Morgan fingerprint density at radius 1 is 1.23 bits per heavy atom. The Morgan fingerprint density at radius 2 is 2.08 bits per heavy atom. The zero-order valence-corrected chi connectivity index (χ0v) is 15.2. The molecule has 0 saturated carbocycles. The molecule has 1 aliphatic heterocycles. The Hall–Kier alpha value is -2.64. The summed E-state index contributed by atoms with van der Waals surface area (Å²) < 4.78 is 11.8. The van der Waals surface area contributed by atoms with Gasteiger partial charge in [0.05, 0.1) is 16.8 Å². The Labute approximate surface area is 155 Å². The first-order valence-electron chi connectivity index (χ1n) is 8.47. The third-order valence-corrected chi connectivity index (χ3v) is 5.15. The van der Waals surface area contributed by atoms with Gasteiger partial charge in [-0.25, -0.2) is 4.98 Å². The summed E-state index contributed by atoms with van der Waals surface area (Å²) in [4.78, 5) is 18.9. The predicted octanol–water partition coefficient (Wildman–Crippen LogP) is 3.49. The summed E-state index contributed by atoms with van der Waals surface area (Å²) in [6.45, 7) is 4.04. The molecule has 1 amide bonds. The maximum absolute atomic E-state index is 12.4. The third-order valence-electron chi connectivity index (χ3n) is 4.20. The normalized spacial score (nSPS) is 12.7. The van der Waals surface area contributed by atoms with Crippen molar-refractivity contribution in [3.63, 3.8) is 0 Å². The van der Waals surface area contributed by atoms with E-state index in [2.05, 4.69) is 15.2 Å². The van der Waals surface area contributed by atoms with E-state index in [-0.39, 0.29) is 12.7 Å². The molecule has 1 aliphatic rings. The number of rotatable bonds is 6. The number of nitrogens with one attached hydrogen (secondary N) is 1. The monoisotopic (exact) mass is 369 g/mol. The maximum atomic E-state index is 12.4. The molecule has 0 spiro atoms. The molecule has 2 heterocycles. The number of carbonyl (C=O) groups excluding carboxylic acids is 1. The van der Waals surface area contributed by atoms with Gasteiger partial charge in [-0.1, -0.05) is 36.5 Å². The van der Waals surface area contributed by atoms with Gasteiger partial charge in [0, 0.05) is 6.54 Å². The second-order valence-corrected chi connectivity index (χ2v) is 7.06. The van der Waals surface area contributed by atoms with E-state index in [9.17, 15) is 4.79 Å². The molecule has 6 nitrogen and oxygen atoms in total. The highest BCUT2D eigenvalue weighted by Gasteiger charge is 2.16. The second-order valence-electron chi connectivity index (χ2n) is 6.03. The molecule has 0 unspecified atom stereocenters. The number of thiazole rings is 1. The van der Waals surface area contributed by atoms with Gasteiger partial charge in [-0.15, -0.1) is 0 Å². The molecule has 134 valence electrons. The number of para-hydroxylation sites is 1. The summed E-state index contributed by atoms with van der Waals surface area (Å²) in [7, 11) is 0. The molecule has 0 saturated heterocycles. The van der Waals surface area contributed by atoms with E-state index in [4.69, 9.17) is 9.47 Å². The number of hydrogen-bond acceptors (Lipinski definition) is 6. The Bertz CT molecular complexity index is 908. The minimum Gasteiger partial charge on any atom is -0.454 e. The zero-order valence-electron chi connectivity index (χ0n) is 14.4. The van der Waals surface area contributed by atoms with E-state index >= 15 is 0 Å². The highest BCUT2D eigenvalue weighted by Crippen LogP contribution is 2.32. The van der Waals surface area contributed by atoms with Crippen LogP contribution < -0.4 is 14.8 Å². The average Bonchev–Trinajstić information content (AvgIpc) is 3.26. The summed E-state index contributed by atoms with van der Waals surface area (Å²) in [6, 6.07) is 13.7. The van der Waals surface area contributed by atoms with Gasteiger partial charge < -0.3 is 14.8 Å². The molecule has 0 aliphatic carbocycles. The van der Waals surface area contributed by atoms with Gasteiger partial charge in [-0.05, 0) is 36.4 Å². The molecule has 26 heavy (non-hydrogen) atoms. The van der Waals surface area contributed by atoms with Crippen LogP contribution in [0, 0.1) is 0 Å². The van der Waals surface area contributed by atoms with Crippen LogP contribution in [0.1, 0.15) is 12.5 Å². The minimum atomic E-state index is -0.0633. The van der Waals surface area contributed by atoms with Crippen LogP contribution >= 0.6 is 11.3 Å². The molecule has 1 aromatic heterocycles. The predicted molar refractivity (Wildman–Crippen MR) is 102 cm³/mol. The van der Waals surface area contributed by atoms with Gasteiger partial charge in [0.2, 0.25) is 12.7 Å². The lowest BCUT2D eigenvalue weighted by Gasteiger charge is -2.19. The van der Waals surface area contributed by atoms with E-state index in [1.807, 2.05) is 49.4 Å². The second kappa shape index (κ2) is 7.31. The van der Waals surface area contributed by atoms with Crippen molar-refractivity contribution in [1.82, 2.24) is 9.88 Å². The quantitative estimate of drug-likeness (QED) is 0.721. The van der Waals surface area contributed by atoms with E-state index in [1.165, 1.54) is 11.3 Å². The van der Waals surface area contributed by atoms with E-state index in [0.717, 1.165) is 33.8 Å². The van der Waals surface area contributed by atoms with E-state index in [0.29, 0.717) is 18.2 Å². The van der Waals surface area contributed by atoms with Gasteiger partial charge in [-0.3, -0.25) is 9.69 Å². The van der Waals surface area contributed by atoms with Crippen LogP contribution in [0.2, 0.25) is 0 Å². The van der Waals surface area contributed by atoms with Crippen LogP contribution in [0.25, 0.3) is 10.2 Å². The van der Waals surface area contributed by atoms with E-state index < -0.39 is 0 Å². The van der Waals surface area contributed by atoms with Gasteiger partial charge in [0.1, 0.15) is 0 Å². The van der Waals surface area contributed by atoms with Crippen molar-refractivity contribution in [2.75, 3.05) is 25.2 Å². The molecule has 0 radical (unpaired) electrons. The number of fused-ring (bicyclic) bond motifs is 2. The molecule has 7 heteroatoms. The molecule has 2 aromatic carbocycles. The number of carbonyl (C=O) groups is 1. The first-order valence-corrected chi connectivity index (χ1v) is 9.29. The van der Waals surface area contributed by atoms with Crippen molar-refractivity contribution in [3.05, 3.63) is 48.0 Å². The van der Waals surface area contributed by atoms with Crippen molar-refractivity contribution in [1.29, 1.82) is 0 Å². The van der Waals surface area contributed by atoms with Crippen LogP contribution in [-0.2, 0) is 11.3 Å². The third kappa shape index (κ3) is 3.63. The van der Waals surface area contributed by atoms with Gasteiger partial charge in [0.25, 0.3) is 0 Å². The number of amides is 1. The molecular weight excluding hydrogens is 350 g/mol. The van der Waals surface area contributed by atoms with Crippen molar-refractivity contribution >= 4 is 32.6 Å². The molecule has 3 aromatic rings. The molecule has 4 rings (SSSR count). The van der Waals surface area contributed by atoms with Crippen LogP contribution in [0.15, 0.2) is 42.5 Å². The van der Waals surface area contributed by atoms with E-state index in [1.54, 1.807) is 0 Å². The smallest absolute Gasteiger partial charge is 0.240 e. The maximum Gasteiger partial charge on any atom is 0.240 e. The zero-order chi connectivity index (χ0) is 17.9. The minimum absolute atomic E-state index is 0.0633. The Morgan fingerprint density at radius 3 is 2.92 bits per heavy atom. The SMILES string of the molecule is CCN(CC(=O)Nc1nc2ccccc2s1)Cc1ccc2c(c1)OCO2. The van der Waals surface area contributed by atoms with Gasteiger partial charge in [-0.2, -0.15) is 0 Å². The first-order chi connectivity index (χ1) is 12.7. The lowest BCUT2D eigenvalue weighted by molar-refractivity contribution is -0.117. The lowest BCUT2D eigenvalue weighted by Crippen LogP contribution is -2.32. The average molecular weight is 369 g/mol. The Balaban J connectivity index is 1.38. The molecule has 0 atom stereocenters. The number of nitrogens with zero attached hydrogens (tertiary/aromatic N) is 2. The van der Waals surface area contributed by atoms with Crippen molar-refractivity contribution in [3.8, 4) is 11.5 Å². The number of benzene rings is 2. The highest BCUT2D eigenvalue weighted by atomic mass is 32.1. The largest absolute Gasteiger partial charge is 0.454 e. The number of anilines is 1. The summed E-state index contributed by atoms with van der Waals surface area (Å²) in [5.41, 5.74) is 1.99. The lowest BCUT2D eigenvalue weighted by atomic mass is 10.2. The standard InChI is InChI=1S/C19H19N3O3S/c1-2-22(10-13-7-8-15-16(9-13)25-12-24-15)11-18(23)21-19-20-14-5-3-4-6-17(14)26-19/h3-9H,2,10-12H2,1H3,(H,20,21,23). The van der Waals surface area contributed by atoms with Crippen LogP contribution in [-0.4, -0.2) is 35.7 Å². The summed E-state index contributed by atoms with van der Waals surface area (Å²) in [5, 5.41) is 3.54. The first kappa shape index (κ1) is 16.8. The van der Waals surface area contributed by atoms with Gasteiger partial charge >= 0.3 is 0 Å². The summed E-state index contributed by atoms with van der Waals surface area (Å²) in [5.74, 6) is 1.47. The Kier molecular flexibility index (Phi) is 4.73. The fourth-order valence-electron chi connectivity index (χ4n) is 2.86. The van der Waals surface area contributed by atoms with Crippen molar-refractivity contribution in [2.45, 2.75) is 13.5 Å². The molecule has 0 fully saturated rings. The summed E-state index contributed by atoms with van der Waals surface area (Å²) in [6.07, 6.45) is 0. The molecule has 1 N–H and O–H groups in total.